The van der Waals surface area contributed by atoms with E-state index >= 15 is 0 Å². The van der Waals surface area contributed by atoms with E-state index < -0.39 is 0 Å². The second-order valence-electron chi connectivity index (χ2n) is 3.15. The fourth-order valence-corrected chi connectivity index (χ4v) is 1.41. The number of aryl methyl sites for hydroxylation is 1. The first-order valence-corrected chi connectivity index (χ1v) is 4.51. The summed E-state index contributed by atoms with van der Waals surface area (Å²) in [4.78, 5) is 4.03. The van der Waals surface area contributed by atoms with Crippen LogP contribution in [0.25, 0.3) is 11.3 Å². The third-order valence-corrected chi connectivity index (χ3v) is 2.13. The van der Waals surface area contributed by atoms with Crippen molar-refractivity contribution in [2.75, 3.05) is 0 Å². The van der Waals surface area contributed by atoms with Gasteiger partial charge in [0, 0.05) is 24.5 Å². The highest BCUT2D eigenvalue weighted by Gasteiger charge is 2.06. The fraction of sp³-hybridized carbons (Fsp3) is 0.182. The van der Waals surface area contributed by atoms with Crippen LogP contribution in [-0.4, -0.2) is 4.98 Å². The largest absolute Gasteiger partial charge is 0.461 e. The molecule has 0 fully saturated rings. The minimum Gasteiger partial charge on any atom is -0.461 e. The molecule has 0 aliphatic carbocycles. The molecule has 14 heavy (non-hydrogen) atoms. The van der Waals surface area contributed by atoms with Gasteiger partial charge in [-0.05, 0) is 30.7 Å². The van der Waals surface area contributed by atoms with E-state index in [1.165, 1.54) is 0 Å². The zero-order valence-corrected chi connectivity index (χ0v) is 8.03. The van der Waals surface area contributed by atoms with Crippen molar-refractivity contribution >= 4 is 0 Å². The summed E-state index contributed by atoms with van der Waals surface area (Å²) < 4.78 is 5.53. The lowest BCUT2D eigenvalue weighted by molar-refractivity contribution is 0.547. The second kappa shape index (κ2) is 3.64. The molecule has 3 heteroatoms. The Morgan fingerprint density at radius 2 is 2.21 bits per heavy atom. The number of hydrogen-bond donors (Lipinski definition) is 1. The van der Waals surface area contributed by atoms with E-state index in [0.717, 1.165) is 22.6 Å². The first kappa shape index (κ1) is 8.97. The maximum Gasteiger partial charge on any atom is 0.134 e. The number of hydrogen-bond acceptors (Lipinski definition) is 3. The lowest BCUT2D eigenvalue weighted by Crippen LogP contribution is -1.98. The van der Waals surface area contributed by atoms with Crippen LogP contribution >= 0.6 is 0 Å². The van der Waals surface area contributed by atoms with E-state index in [1.807, 2.05) is 25.1 Å². The van der Waals surface area contributed by atoms with Gasteiger partial charge in [-0.3, -0.25) is 4.98 Å². The third kappa shape index (κ3) is 1.54. The first-order chi connectivity index (χ1) is 6.81. The van der Waals surface area contributed by atoms with Gasteiger partial charge in [-0.15, -0.1) is 0 Å². The lowest BCUT2D eigenvalue weighted by atomic mass is 10.1. The van der Waals surface area contributed by atoms with Gasteiger partial charge >= 0.3 is 0 Å². The molecule has 0 atom stereocenters. The minimum atomic E-state index is 0.475. The molecule has 0 aliphatic rings. The number of nitrogens with two attached hydrogens (primary N) is 1. The first-order valence-electron chi connectivity index (χ1n) is 4.51. The van der Waals surface area contributed by atoms with Gasteiger partial charge in [0.15, 0.2) is 0 Å². The standard InChI is InChI=1S/C11H12N2O/c1-8-2-3-11(14-8)10-4-5-13-7-9(10)6-12/h2-5,7H,6,12H2,1H3. The predicted molar refractivity (Wildman–Crippen MR) is 54.6 cm³/mol. The van der Waals surface area contributed by atoms with Crippen LogP contribution in [0.5, 0.6) is 0 Å². The van der Waals surface area contributed by atoms with Gasteiger partial charge in [0.05, 0.1) is 0 Å². The highest BCUT2D eigenvalue weighted by Crippen LogP contribution is 2.24. The number of rotatable bonds is 2. The molecule has 2 aromatic rings. The molecule has 0 spiro atoms. The van der Waals surface area contributed by atoms with Crippen molar-refractivity contribution in [1.29, 1.82) is 0 Å². The van der Waals surface area contributed by atoms with Crippen molar-refractivity contribution in [3.63, 3.8) is 0 Å². The molecular formula is C11H12N2O. The van der Waals surface area contributed by atoms with Gasteiger partial charge < -0.3 is 10.2 Å². The number of aromatic nitrogens is 1. The molecule has 0 bridgehead atoms. The van der Waals surface area contributed by atoms with Gasteiger partial charge in [0.2, 0.25) is 0 Å². The topological polar surface area (TPSA) is 52.0 Å². The van der Waals surface area contributed by atoms with E-state index in [0.29, 0.717) is 6.54 Å². The summed E-state index contributed by atoms with van der Waals surface area (Å²) in [6.07, 6.45) is 3.51. The number of nitrogens with zero attached hydrogens (tertiary/aromatic N) is 1. The van der Waals surface area contributed by atoms with Crippen LogP contribution in [-0.2, 0) is 6.54 Å². The van der Waals surface area contributed by atoms with E-state index in [1.54, 1.807) is 12.4 Å². The van der Waals surface area contributed by atoms with Crippen molar-refractivity contribution in [2.45, 2.75) is 13.5 Å². The molecule has 0 aromatic carbocycles. The zero-order chi connectivity index (χ0) is 9.97. The van der Waals surface area contributed by atoms with E-state index in [-0.39, 0.29) is 0 Å². The summed E-state index contributed by atoms with van der Waals surface area (Å²) in [5, 5.41) is 0. The predicted octanol–water partition coefficient (Wildman–Crippen LogP) is 2.11. The van der Waals surface area contributed by atoms with E-state index in [2.05, 4.69) is 4.98 Å². The van der Waals surface area contributed by atoms with Gasteiger partial charge in [-0.25, -0.2) is 0 Å². The maximum absolute atomic E-state index is 5.61. The number of pyridine rings is 1. The Morgan fingerprint density at radius 1 is 1.36 bits per heavy atom. The average Bonchev–Trinajstić information content (AvgIpc) is 2.65. The Balaban J connectivity index is 2.50. The highest BCUT2D eigenvalue weighted by molar-refractivity contribution is 5.61. The minimum absolute atomic E-state index is 0.475. The van der Waals surface area contributed by atoms with E-state index in [9.17, 15) is 0 Å². The molecule has 72 valence electrons. The van der Waals surface area contributed by atoms with Crippen LogP contribution in [0, 0.1) is 6.92 Å². The third-order valence-electron chi connectivity index (χ3n) is 2.13. The van der Waals surface area contributed by atoms with Crippen molar-refractivity contribution in [1.82, 2.24) is 4.98 Å². The highest BCUT2D eigenvalue weighted by atomic mass is 16.3. The molecule has 0 amide bonds. The van der Waals surface area contributed by atoms with Crippen molar-refractivity contribution in [2.24, 2.45) is 5.73 Å². The smallest absolute Gasteiger partial charge is 0.134 e. The van der Waals surface area contributed by atoms with Crippen LogP contribution in [0.2, 0.25) is 0 Å². The van der Waals surface area contributed by atoms with Gasteiger partial charge in [0.25, 0.3) is 0 Å². The van der Waals surface area contributed by atoms with Crippen molar-refractivity contribution < 1.29 is 4.42 Å². The van der Waals surface area contributed by atoms with E-state index in [4.69, 9.17) is 10.2 Å². The van der Waals surface area contributed by atoms with Crippen LogP contribution in [0.15, 0.2) is 35.0 Å². The Kier molecular flexibility index (Phi) is 2.33. The molecule has 2 N–H and O–H groups in total. The average molecular weight is 188 g/mol. The van der Waals surface area contributed by atoms with Gasteiger partial charge in [-0.2, -0.15) is 0 Å². The molecule has 2 aromatic heterocycles. The van der Waals surface area contributed by atoms with Crippen molar-refractivity contribution in [3.8, 4) is 11.3 Å². The summed E-state index contributed by atoms with van der Waals surface area (Å²) in [7, 11) is 0. The Labute approximate surface area is 82.6 Å². The molecule has 0 aliphatic heterocycles. The van der Waals surface area contributed by atoms with Gasteiger partial charge in [0.1, 0.15) is 11.5 Å². The Hall–Kier alpha value is -1.61. The molecule has 0 unspecified atom stereocenters. The van der Waals surface area contributed by atoms with Crippen molar-refractivity contribution in [3.05, 3.63) is 41.9 Å². The molecule has 2 rings (SSSR count). The molecule has 0 saturated carbocycles. The Morgan fingerprint density at radius 3 is 2.86 bits per heavy atom. The van der Waals surface area contributed by atoms with Gasteiger partial charge in [-0.1, -0.05) is 0 Å². The summed E-state index contributed by atoms with van der Waals surface area (Å²) in [6.45, 7) is 2.40. The lowest BCUT2D eigenvalue weighted by Gasteiger charge is -2.02. The summed E-state index contributed by atoms with van der Waals surface area (Å²) >= 11 is 0. The normalized spacial score (nSPS) is 10.4. The second-order valence-corrected chi connectivity index (χ2v) is 3.15. The Bertz CT molecular complexity index is 434. The SMILES string of the molecule is Cc1ccc(-c2ccncc2CN)o1. The quantitative estimate of drug-likeness (QED) is 0.785. The molecule has 2 heterocycles. The van der Waals surface area contributed by atoms with Crippen LogP contribution in [0.1, 0.15) is 11.3 Å². The fourth-order valence-electron chi connectivity index (χ4n) is 1.41. The van der Waals surface area contributed by atoms with Crippen LogP contribution < -0.4 is 5.73 Å². The van der Waals surface area contributed by atoms with Crippen LogP contribution in [0.4, 0.5) is 0 Å². The summed E-state index contributed by atoms with van der Waals surface area (Å²) in [6, 6.07) is 5.81. The summed E-state index contributed by atoms with van der Waals surface area (Å²) in [5.74, 6) is 1.75. The summed E-state index contributed by atoms with van der Waals surface area (Å²) in [5.41, 5.74) is 7.64. The van der Waals surface area contributed by atoms with Crippen LogP contribution in [0.3, 0.4) is 0 Å². The molecule has 0 saturated heterocycles. The zero-order valence-electron chi connectivity index (χ0n) is 8.03. The maximum atomic E-state index is 5.61. The molecule has 0 radical (unpaired) electrons. The monoisotopic (exact) mass is 188 g/mol. The molecular weight excluding hydrogens is 176 g/mol. The molecule has 3 nitrogen and oxygen atoms in total. The number of furan rings is 1.